The molecule has 1 heterocycles. The quantitative estimate of drug-likeness (QED) is 0.760. The van der Waals surface area contributed by atoms with Gasteiger partial charge in [0.25, 0.3) is 0 Å². The van der Waals surface area contributed by atoms with Gasteiger partial charge in [0.2, 0.25) is 0 Å². The smallest absolute Gasteiger partial charge is 0.0587 e. The summed E-state index contributed by atoms with van der Waals surface area (Å²) in [6.07, 6.45) is 3.33. The van der Waals surface area contributed by atoms with Crippen LogP contribution in [0.4, 0.5) is 0 Å². The van der Waals surface area contributed by atoms with Crippen molar-refractivity contribution in [2.75, 3.05) is 26.8 Å². The number of aromatic nitrogens is 1. The number of nitrogens with zero attached hydrogens (tertiary/aromatic N) is 1. The number of hydrogen-bond acceptors (Lipinski definition) is 2. The van der Waals surface area contributed by atoms with Crippen LogP contribution in [-0.4, -0.2) is 31.4 Å². The van der Waals surface area contributed by atoms with Crippen molar-refractivity contribution in [2.45, 2.75) is 19.9 Å². The lowest BCUT2D eigenvalue weighted by Crippen LogP contribution is -2.21. The number of rotatable bonds is 7. The minimum atomic E-state index is 0.783. The van der Waals surface area contributed by atoms with E-state index >= 15 is 0 Å². The Bertz CT molecular complexity index is 490. The van der Waals surface area contributed by atoms with Crippen molar-refractivity contribution in [2.24, 2.45) is 0 Å². The molecule has 0 fully saturated rings. The van der Waals surface area contributed by atoms with Crippen molar-refractivity contribution in [1.82, 2.24) is 9.88 Å². The first-order chi connectivity index (χ1) is 8.83. The van der Waals surface area contributed by atoms with Crippen LogP contribution in [0.25, 0.3) is 10.9 Å². The number of benzene rings is 1. The zero-order valence-electron chi connectivity index (χ0n) is 11.3. The molecule has 18 heavy (non-hydrogen) atoms. The van der Waals surface area contributed by atoms with Crippen LogP contribution in [-0.2, 0) is 11.3 Å². The molecule has 2 aromatic rings. The second-order valence-corrected chi connectivity index (χ2v) is 4.61. The van der Waals surface area contributed by atoms with Crippen LogP contribution in [0.1, 0.15) is 12.0 Å². The summed E-state index contributed by atoms with van der Waals surface area (Å²) in [7, 11) is 1.73. The normalized spacial score (nSPS) is 11.2. The molecule has 1 aromatic heterocycles. The van der Waals surface area contributed by atoms with Gasteiger partial charge in [0.15, 0.2) is 0 Å². The average molecular weight is 246 g/mol. The van der Waals surface area contributed by atoms with E-state index < -0.39 is 0 Å². The molecule has 0 saturated heterocycles. The van der Waals surface area contributed by atoms with Gasteiger partial charge in [-0.25, -0.2) is 0 Å². The standard InChI is InChI=1S/C15H22N2O/c1-13-5-3-6-15-14(13)7-11-17(15)10-4-8-16-9-12-18-2/h3,5-7,11,16H,4,8-10,12H2,1-2H3. The molecule has 98 valence electrons. The Labute approximate surface area is 109 Å². The largest absolute Gasteiger partial charge is 0.383 e. The van der Waals surface area contributed by atoms with E-state index in [-0.39, 0.29) is 0 Å². The third kappa shape index (κ3) is 3.12. The Kier molecular flexibility index (Phi) is 4.79. The Morgan fingerprint density at radius 2 is 2.11 bits per heavy atom. The summed E-state index contributed by atoms with van der Waals surface area (Å²) in [5.74, 6) is 0. The fraction of sp³-hybridized carbons (Fsp3) is 0.467. The topological polar surface area (TPSA) is 26.2 Å². The third-order valence-corrected chi connectivity index (χ3v) is 3.27. The fourth-order valence-corrected chi connectivity index (χ4v) is 2.25. The molecule has 0 saturated carbocycles. The maximum atomic E-state index is 5.00. The number of ether oxygens (including phenoxy) is 1. The lowest BCUT2D eigenvalue weighted by molar-refractivity contribution is 0.199. The van der Waals surface area contributed by atoms with Crippen molar-refractivity contribution in [3.8, 4) is 0 Å². The van der Waals surface area contributed by atoms with Crippen LogP contribution in [0.15, 0.2) is 30.5 Å². The molecule has 1 N–H and O–H groups in total. The number of nitrogens with one attached hydrogen (secondary N) is 1. The first kappa shape index (κ1) is 13.1. The van der Waals surface area contributed by atoms with Crippen molar-refractivity contribution >= 4 is 10.9 Å². The lowest BCUT2D eigenvalue weighted by Gasteiger charge is -2.07. The van der Waals surface area contributed by atoms with Crippen LogP contribution in [0.3, 0.4) is 0 Å². The zero-order chi connectivity index (χ0) is 12.8. The molecule has 3 nitrogen and oxygen atoms in total. The van der Waals surface area contributed by atoms with E-state index in [1.54, 1.807) is 7.11 Å². The third-order valence-electron chi connectivity index (χ3n) is 3.27. The van der Waals surface area contributed by atoms with Gasteiger partial charge in [-0.3, -0.25) is 0 Å². The van der Waals surface area contributed by atoms with Crippen molar-refractivity contribution < 1.29 is 4.74 Å². The highest BCUT2D eigenvalue weighted by atomic mass is 16.5. The zero-order valence-corrected chi connectivity index (χ0v) is 11.3. The Morgan fingerprint density at radius 1 is 1.22 bits per heavy atom. The van der Waals surface area contributed by atoms with E-state index in [1.165, 1.54) is 16.5 Å². The van der Waals surface area contributed by atoms with E-state index in [0.717, 1.165) is 32.7 Å². The Hall–Kier alpha value is -1.32. The molecule has 0 amide bonds. The SMILES string of the molecule is COCCNCCCn1ccc2c(C)cccc21. The predicted octanol–water partition coefficient (Wildman–Crippen LogP) is 2.58. The van der Waals surface area contributed by atoms with Gasteiger partial charge >= 0.3 is 0 Å². The van der Waals surface area contributed by atoms with Crippen LogP contribution in [0.2, 0.25) is 0 Å². The minimum absolute atomic E-state index is 0.783. The Morgan fingerprint density at radius 3 is 2.94 bits per heavy atom. The van der Waals surface area contributed by atoms with Gasteiger partial charge in [0.05, 0.1) is 6.61 Å². The first-order valence-electron chi connectivity index (χ1n) is 6.57. The molecular weight excluding hydrogens is 224 g/mol. The van der Waals surface area contributed by atoms with Gasteiger partial charge in [-0.15, -0.1) is 0 Å². The number of fused-ring (bicyclic) bond motifs is 1. The summed E-state index contributed by atoms with van der Waals surface area (Å²) >= 11 is 0. The average Bonchev–Trinajstić information content (AvgIpc) is 2.79. The van der Waals surface area contributed by atoms with Crippen molar-refractivity contribution in [3.05, 3.63) is 36.0 Å². The lowest BCUT2D eigenvalue weighted by atomic mass is 10.1. The highest BCUT2D eigenvalue weighted by molar-refractivity contribution is 5.83. The first-order valence-corrected chi connectivity index (χ1v) is 6.57. The summed E-state index contributed by atoms with van der Waals surface area (Å²) < 4.78 is 7.33. The van der Waals surface area contributed by atoms with Gasteiger partial charge in [0, 0.05) is 37.3 Å². The number of aryl methyl sites for hydroxylation is 2. The summed E-state index contributed by atoms with van der Waals surface area (Å²) in [6, 6.07) is 8.70. The van der Waals surface area contributed by atoms with E-state index in [9.17, 15) is 0 Å². The number of hydrogen-bond donors (Lipinski definition) is 1. The van der Waals surface area contributed by atoms with Crippen LogP contribution in [0.5, 0.6) is 0 Å². The second-order valence-electron chi connectivity index (χ2n) is 4.61. The second kappa shape index (κ2) is 6.57. The molecule has 1 aromatic carbocycles. The van der Waals surface area contributed by atoms with Crippen LogP contribution in [0, 0.1) is 6.92 Å². The molecule has 0 aliphatic rings. The predicted molar refractivity (Wildman–Crippen MR) is 76.0 cm³/mol. The molecule has 0 atom stereocenters. The molecule has 0 spiro atoms. The molecule has 0 aliphatic heterocycles. The molecule has 0 radical (unpaired) electrons. The van der Waals surface area contributed by atoms with E-state index in [1.807, 2.05) is 0 Å². The minimum Gasteiger partial charge on any atom is -0.383 e. The summed E-state index contributed by atoms with van der Waals surface area (Å²) in [5, 5.41) is 4.74. The molecule has 0 aliphatic carbocycles. The maximum Gasteiger partial charge on any atom is 0.0587 e. The summed E-state index contributed by atoms with van der Waals surface area (Å²) in [4.78, 5) is 0. The highest BCUT2D eigenvalue weighted by Gasteiger charge is 2.01. The van der Waals surface area contributed by atoms with Gasteiger partial charge in [-0.1, -0.05) is 12.1 Å². The van der Waals surface area contributed by atoms with Crippen LogP contribution < -0.4 is 5.32 Å². The molecule has 0 unspecified atom stereocenters. The van der Waals surface area contributed by atoms with Gasteiger partial charge < -0.3 is 14.6 Å². The summed E-state index contributed by atoms with van der Waals surface area (Å²) in [6.45, 7) is 5.98. The monoisotopic (exact) mass is 246 g/mol. The van der Waals surface area contributed by atoms with E-state index in [2.05, 4.69) is 47.3 Å². The van der Waals surface area contributed by atoms with Gasteiger partial charge in [-0.2, -0.15) is 0 Å². The molecule has 2 rings (SSSR count). The molecule has 3 heteroatoms. The maximum absolute atomic E-state index is 5.00. The Balaban J connectivity index is 1.86. The van der Waals surface area contributed by atoms with Gasteiger partial charge in [-0.05, 0) is 37.6 Å². The molecule has 0 bridgehead atoms. The molecular formula is C15H22N2O. The van der Waals surface area contributed by atoms with Gasteiger partial charge in [0.1, 0.15) is 0 Å². The van der Waals surface area contributed by atoms with Crippen LogP contribution >= 0.6 is 0 Å². The van der Waals surface area contributed by atoms with Crippen molar-refractivity contribution in [3.63, 3.8) is 0 Å². The van der Waals surface area contributed by atoms with E-state index in [0.29, 0.717) is 0 Å². The van der Waals surface area contributed by atoms with Crippen molar-refractivity contribution in [1.29, 1.82) is 0 Å². The number of methoxy groups -OCH3 is 1. The summed E-state index contributed by atoms with van der Waals surface area (Å²) in [5.41, 5.74) is 2.69. The highest BCUT2D eigenvalue weighted by Crippen LogP contribution is 2.19. The van der Waals surface area contributed by atoms with E-state index in [4.69, 9.17) is 4.74 Å². The fourth-order valence-electron chi connectivity index (χ4n) is 2.25.